The third kappa shape index (κ3) is 5.41. The van der Waals surface area contributed by atoms with Gasteiger partial charge in [-0.05, 0) is 55.5 Å². The van der Waals surface area contributed by atoms with E-state index in [1.807, 2.05) is 24.3 Å². The van der Waals surface area contributed by atoms with Crippen LogP contribution in [0.3, 0.4) is 0 Å². The number of hydrogen-bond acceptors (Lipinski definition) is 5. The molecule has 0 bridgehead atoms. The van der Waals surface area contributed by atoms with Crippen molar-refractivity contribution in [1.29, 1.82) is 0 Å². The van der Waals surface area contributed by atoms with Crippen LogP contribution in [-0.4, -0.2) is 52.9 Å². The van der Waals surface area contributed by atoms with Crippen molar-refractivity contribution in [2.45, 2.75) is 13.0 Å². The first-order valence-electron chi connectivity index (χ1n) is 9.24. The zero-order valence-corrected chi connectivity index (χ0v) is 17.9. The molecule has 1 fully saturated rings. The second-order valence-electron chi connectivity index (χ2n) is 6.85. The number of amides is 1. The molecule has 7 nitrogen and oxygen atoms in total. The van der Waals surface area contributed by atoms with E-state index < -0.39 is 22.0 Å². The highest BCUT2D eigenvalue weighted by molar-refractivity contribution is 7.92. The zero-order valence-electron chi connectivity index (χ0n) is 16.3. The van der Waals surface area contributed by atoms with Gasteiger partial charge in [0, 0.05) is 29.5 Å². The van der Waals surface area contributed by atoms with Gasteiger partial charge in [0.25, 0.3) is 0 Å². The largest absolute Gasteiger partial charge is 0.378 e. The molecule has 2 aromatic carbocycles. The molecule has 29 heavy (non-hydrogen) atoms. The van der Waals surface area contributed by atoms with Gasteiger partial charge < -0.3 is 15.0 Å². The van der Waals surface area contributed by atoms with Crippen molar-refractivity contribution in [2.24, 2.45) is 0 Å². The number of morpholine rings is 1. The Kier molecular flexibility index (Phi) is 6.66. The Morgan fingerprint density at radius 3 is 2.24 bits per heavy atom. The average molecular weight is 438 g/mol. The smallest absolute Gasteiger partial charge is 0.247 e. The SMILES string of the molecule is C[C@@H](C(=O)Nc1ccc(N2CCOCC2)cc1)N(c1ccc(Cl)cc1)S(C)(=O)=O. The first kappa shape index (κ1) is 21.4. The number of hydrogen-bond donors (Lipinski definition) is 1. The Morgan fingerprint density at radius 2 is 1.69 bits per heavy atom. The first-order valence-corrected chi connectivity index (χ1v) is 11.5. The average Bonchev–Trinajstić information content (AvgIpc) is 2.70. The fourth-order valence-electron chi connectivity index (χ4n) is 3.22. The molecule has 0 aliphatic carbocycles. The molecular weight excluding hydrogens is 414 g/mol. The molecule has 0 aromatic heterocycles. The summed E-state index contributed by atoms with van der Waals surface area (Å²) in [6.45, 7) is 4.59. The van der Waals surface area contributed by atoms with E-state index in [1.54, 1.807) is 31.2 Å². The summed E-state index contributed by atoms with van der Waals surface area (Å²) in [6, 6.07) is 12.9. The van der Waals surface area contributed by atoms with Gasteiger partial charge in [0.2, 0.25) is 15.9 Å². The normalized spacial score (nSPS) is 15.6. The van der Waals surface area contributed by atoms with Gasteiger partial charge in [0.05, 0.1) is 25.2 Å². The molecule has 1 N–H and O–H groups in total. The van der Waals surface area contributed by atoms with Crippen LogP contribution in [-0.2, 0) is 19.6 Å². The van der Waals surface area contributed by atoms with Gasteiger partial charge in [-0.15, -0.1) is 0 Å². The molecule has 9 heteroatoms. The molecule has 2 aromatic rings. The number of anilines is 3. The molecule has 0 saturated carbocycles. The Bertz CT molecular complexity index is 943. The molecule has 1 saturated heterocycles. The summed E-state index contributed by atoms with van der Waals surface area (Å²) >= 11 is 5.89. The predicted molar refractivity (Wildman–Crippen MR) is 116 cm³/mol. The number of nitrogens with one attached hydrogen (secondary N) is 1. The number of carbonyl (C=O) groups is 1. The first-order chi connectivity index (χ1) is 13.8. The maximum atomic E-state index is 12.8. The summed E-state index contributed by atoms with van der Waals surface area (Å²) in [6.07, 6.45) is 1.07. The number of ether oxygens (including phenoxy) is 1. The number of rotatable bonds is 6. The number of carbonyl (C=O) groups excluding carboxylic acids is 1. The summed E-state index contributed by atoms with van der Waals surface area (Å²) in [5, 5.41) is 3.28. The predicted octanol–water partition coefficient (Wildman–Crippen LogP) is 2.97. The second-order valence-corrected chi connectivity index (χ2v) is 9.14. The highest BCUT2D eigenvalue weighted by Gasteiger charge is 2.29. The van der Waals surface area contributed by atoms with Crippen molar-refractivity contribution < 1.29 is 17.9 Å². The van der Waals surface area contributed by atoms with Gasteiger partial charge in [-0.1, -0.05) is 11.6 Å². The summed E-state index contributed by atoms with van der Waals surface area (Å²) in [5.41, 5.74) is 2.03. The Morgan fingerprint density at radius 1 is 1.10 bits per heavy atom. The van der Waals surface area contributed by atoms with Crippen LogP contribution in [0.1, 0.15) is 6.92 Å². The number of sulfonamides is 1. The monoisotopic (exact) mass is 437 g/mol. The lowest BCUT2D eigenvalue weighted by Crippen LogP contribution is -2.45. The van der Waals surface area contributed by atoms with E-state index in [1.165, 1.54) is 0 Å². The molecule has 1 aliphatic rings. The molecule has 0 radical (unpaired) electrons. The second kappa shape index (κ2) is 9.02. The zero-order chi connectivity index (χ0) is 21.0. The lowest BCUT2D eigenvalue weighted by atomic mass is 10.2. The quantitative estimate of drug-likeness (QED) is 0.751. The van der Waals surface area contributed by atoms with Crippen LogP contribution in [0.2, 0.25) is 5.02 Å². The molecule has 1 heterocycles. The van der Waals surface area contributed by atoms with Crippen LogP contribution in [0.4, 0.5) is 17.1 Å². The summed E-state index contributed by atoms with van der Waals surface area (Å²) in [5.74, 6) is -0.426. The molecule has 3 rings (SSSR count). The number of halogens is 1. The summed E-state index contributed by atoms with van der Waals surface area (Å²) in [7, 11) is -3.68. The van der Waals surface area contributed by atoms with Crippen LogP contribution in [0, 0.1) is 0 Å². The molecule has 0 spiro atoms. The summed E-state index contributed by atoms with van der Waals surface area (Å²) in [4.78, 5) is 15.0. The molecule has 1 amide bonds. The molecule has 156 valence electrons. The topological polar surface area (TPSA) is 79.0 Å². The minimum Gasteiger partial charge on any atom is -0.378 e. The van der Waals surface area contributed by atoms with Gasteiger partial charge in [-0.3, -0.25) is 9.10 Å². The molecule has 1 aliphatic heterocycles. The Hall–Kier alpha value is -2.29. The summed E-state index contributed by atoms with van der Waals surface area (Å²) < 4.78 is 31.1. The highest BCUT2D eigenvalue weighted by atomic mass is 35.5. The molecule has 1 atom stereocenters. The van der Waals surface area contributed by atoms with Gasteiger partial charge >= 0.3 is 0 Å². The van der Waals surface area contributed by atoms with Crippen molar-refractivity contribution in [2.75, 3.05) is 47.1 Å². The van der Waals surface area contributed by atoms with E-state index in [0.717, 1.165) is 29.3 Å². The fourth-order valence-corrected chi connectivity index (χ4v) is 4.52. The standard InChI is InChI=1S/C20H24ClN3O4S/c1-15(24(29(2,26)27)19-7-3-16(21)4-8-19)20(25)22-17-5-9-18(10-6-17)23-11-13-28-14-12-23/h3-10,15H,11-14H2,1-2H3,(H,22,25)/t15-/m0/s1. The van der Waals surface area contributed by atoms with Crippen molar-refractivity contribution in [3.8, 4) is 0 Å². The van der Waals surface area contributed by atoms with Crippen molar-refractivity contribution in [3.05, 3.63) is 53.6 Å². The van der Waals surface area contributed by atoms with Crippen LogP contribution in [0.25, 0.3) is 0 Å². The van der Waals surface area contributed by atoms with E-state index in [-0.39, 0.29) is 0 Å². The minimum absolute atomic E-state index is 0.377. The van der Waals surface area contributed by atoms with Crippen molar-refractivity contribution >= 4 is 44.6 Å². The maximum Gasteiger partial charge on any atom is 0.247 e. The van der Waals surface area contributed by atoms with E-state index in [0.29, 0.717) is 29.6 Å². The van der Waals surface area contributed by atoms with Crippen LogP contribution < -0.4 is 14.5 Å². The van der Waals surface area contributed by atoms with Crippen LogP contribution in [0.5, 0.6) is 0 Å². The van der Waals surface area contributed by atoms with Crippen molar-refractivity contribution in [1.82, 2.24) is 0 Å². The number of benzene rings is 2. The maximum absolute atomic E-state index is 12.8. The fraction of sp³-hybridized carbons (Fsp3) is 0.350. The van der Waals surface area contributed by atoms with E-state index in [2.05, 4.69) is 10.2 Å². The van der Waals surface area contributed by atoms with E-state index in [9.17, 15) is 13.2 Å². The van der Waals surface area contributed by atoms with Crippen LogP contribution >= 0.6 is 11.6 Å². The lowest BCUT2D eigenvalue weighted by molar-refractivity contribution is -0.116. The molecular formula is C20H24ClN3O4S. The van der Waals surface area contributed by atoms with Gasteiger partial charge in [-0.2, -0.15) is 0 Å². The lowest BCUT2D eigenvalue weighted by Gasteiger charge is -2.29. The third-order valence-corrected chi connectivity index (χ3v) is 6.17. The van der Waals surface area contributed by atoms with Crippen LogP contribution in [0.15, 0.2) is 48.5 Å². The molecule has 0 unspecified atom stereocenters. The van der Waals surface area contributed by atoms with E-state index in [4.69, 9.17) is 16.3 Å². The Balaban J connectivity index is 1.73. The highest BCUT2D eigenvalue weighted by Crippen LogP contribution is 2.24. The van der Waals surface area contributed by atoms with Gasteiger partial charge in [-0.25, -0.2) is 8.42 Å². The number of nitrogens with zero attached hydrogens (tertiary/aromatic N) is 2. The Labute approximate surface area is 176 Å². The van der Waals surface area contributed by atoms with Crippen molar-refractivity contribution in [3.63, 3.8) is 0 Å². The van der Waals surface area contributed by atoms with Gasteiger partial charge in [0.1, 0.15) is 6.04 Å². The third-order valence-electron chi connectivity index (χ3n) is 4.68. The van der Waals surface area contributed by atoms with Gasteiger partial charge in [0.15, 0.2) is 0 Å². The minimum atomic E-state index is -3.68. The van der Waals surface area contributed by atoms with E-state index >= 15 is 0 Å².